The van der Waals surface area contributed by atoms with E-state index in [2.05, 4.69) is 0 Å². The van der Waals surface area contributed by atoms with E-state index in [9.17, 15) is 0 Å². The van der Waals surface area contributed by atoms with E-state index in [4.69, 9.17) is 31.3 Å². The van der Waals surface area contributed by atoms with Crippen molar-refractivity contribution in [2.24, 2.45) is 5.73 Å². The molecule has 0 rings (SSSR count). The fraction of sp³-hybridized carbons (Fsp3) is 1.00. The first-order valence-electron chi connectivity index (χ1n) is 3.56. The normalized spacial score (nSPS) is 21.5. The lowest BCUT2D eigenvalue weighted by molar-refractivity contribution is -0.0873. The van der Waals surface area contributed by atoms with Gasteiger partial charge in [-0.1, -0.05) is 0 Å². The fourth-order valence-corrected chi connectivity index (χ4v) is 0.697. The number of aliphatic hydroxyl groups excluding tert-OH is 5. The molecule has 0 heterocycles. The lowest BCUT2D eigenvalue weighted by Crippen LogP contribution is -2.50. The van der Waals surface area contributed by atoms with E-state index in [1.54, 1.807) is 0 Å². The SMILES string of the molecule is N[C@@H](CO)[C@@H](O)[C@H](O)[C@H](O)CO. The molecule has 0 aromatic heterocycles. The largest absolute Gasteiger partial charge is 0.395 e. The summed E-state index contributed by atoms with van der Waals surface area (Å²) in [6.07, 6.45) is -4.44. The van der Waals surface area contributed by atoms with Crippen LogP contribution in [0.5, 0.6) is 0 Å². The van der Waals surface area contributed by atoms with E-state index in [-0.39, 0.29) is 0 Å². The van der Waals surface area contributed by atoms with Gasteiger partial charge in [0.2, 0.25) is 0 Å². The molecule has 0 aliphatic carbocycles. The summed E-state index contributed by atoms with van der Waals surface area (Å²) in [5, 5.41) is 43.8. The second-order valence-corrected chi connectivity index (χ2v) is 2.58. The molecule has 0 amide bonds. The van der Waals surface area contributed by atoms with Gasteiger partial charge in [0.25, 0.3) is 0 Å². The minimum absolute atomic E-state index is 0.504. The average molecular weight is 181 g/mol. The summed E-state index contributed by atoms with van der Waals surface area (Å²) in [5.41, 5.74) is 5.16. The summed E-state index contributed by atoms with van der Waals surface area (Å²) in [5.74, 6) is 0. The summed E-state index contributed by atoms with van der Waals surface area (Å²) in [4.78, 5) is 0. The molecule has 74 valence electrons. The van der Waals surface area contributed by atoms with Crippen LogP contribution in [0.15, 0.2) is 0 Å². The van der Waals surface area contributed by atoms with Gasteiger partial charge < -0.3 is 31.3 Å². The van der Waals surface area contributed by atoms with E-state index in [0.29, 0.717) is 0 Å². The van der Waals surface area contributed by atoms with Gasteiger partial charge in [0.15, 0.2) is 0 Å². The van der Waals surface area contributed by atoms with Gasteiger partial charge in [0, 0.05) is 0 Å². The van der Waals surface area contributed by atoms with E-state index in [0.717, 1.165) is 0 Å². The van der Waals surface area contributed by atoms with Crippen LogP contribution in [-0.2, 0) is 0 Å². The van der Waals surface area contributed by atoms with E-state index >= 15 is 0 Å². The highest BCUT2D eigenvalue weighted by Gasteiger charge is 2.28. The van der Waals surface area contributed by atoms with Crippen molar-refractivity contribution in [2.45, 2.75) is 24.4 Å². The lowest BCUT2D eigenvalue weighted by atomic mass is 10.0. The van der Waals surface area contributed by atoms with E-state index in [1.165, 1.54) is 0 Å². The molecule has 0 saturated heterocycles. The summed E-state index contributed by atoms with van der Waals surface area (Å²) in [7, 11) is 0. The van der Waals surface area contributed by atoms with Crippen molar-refractivity contribution >= 4 is 0 Å². The summed E-state index contributed by atoms with van der Waals surface area (Å²) >= 11 is 0. The molecule has 6 nitrogen and oxygen atoms in total. The zero-order valence-electron chi connectivity index (χ0n) is 6.54. The monoisotopic (exact) mass is 181 g/mol. The van der Waals surface area contributed by atoms with Crippen molar-refractivity contribution in [3.05, 3.63) is 0 Å². The quantitative estimate of drug-likeness (QED) is 0.260. The van der Waals surface area contributed by atoms with Crippen LogP contribution in [0, 0.1) is 0 Å². The minimum atomic E-state index is -1.54. The minimum Gasteiger partial charge on any atom is -0.395 e. The molecule has 7 N–H and O–H groups in total. The number of aliphatic hydroxyl groups is 5. The number of hydrogen-bond acceptors (Lipinski definition) is 6. The Kier molecular flexibility index (Phi) is 5.31. The number of nitrogens with two attached hydrogens (primary N) is 1. The van der Waals surface area contributed by atoms with Crippen LogP contribution in [0.25, 0.3) is 0 Å². The van der Waals surface area contributed by atoms with Gasteiger partial charge in [-0.25, -0.2) is 0 Å². The van der Waals surface area contributed by atoms with Crippen molar-refractivity contribution in [3.8, 4) is 0 Å². The van der Waals surface area contributed by atoms with Crippen molar-refractivity contribution in [3.63, 3.8) is 0 Å². The lowest BCUT2D eigenvalue weighted by Gasteiger charge is -2.24. The fourth-order valence-electron chi connectivity index (χ4n) is 0.697. The Bertz CT molecular complexity index is 109. The van der Waals surface area contributed by atoms with Crippen molar-refractivity contribution in [2.75, 3.05) is 13.2 Å². The van der Waals surface area contributed by atoms with Crippen LogP contribution in [-0.4, -0.2) is 63.1 Å². The third-order valence-corrected chi connectivity index (χ3v) is 1.58. The molecule has 0 bridgehead atoms. The van der Waals surface area contributed by atoms with Crippen LogP contribution >= 0.6 is 0 Å². The second kappa shape index (κ2) is 5.41. The van der Waals surface area contributed by atoms with Gasteiger partial charge in [-0.15, -0.1) is 0 Å². The third-order valence-electron chi connectivity index (χ3n) is 1.58. The Hall–Kier alpha value is -0.240. The molecule has 0 radical (unpaired) electrons. The smallest absolute Gasteiger partial charge is 0.110 e. The first-order chi connectivity index (χ1) is 5.54. The Morgan fingerprint density at radius 1 is 0.917 bits per heavy atom. The first kappa shape index (κ1) is 11.8. The van der Waals surface area contributed by atoms with Crippen LogP contribution in [0.3, 0.4) is 0 Å². The summed E-state index contributed by atoms with van der Waals surface area (Å²) < 4.78 is 0. The Labute approximate surface area is 69.9 Å². The maximum Gasteiger partial charge on any atom is 0.110 e. The summed E-state index contributed by atoms with van der Waals surface area (Å²) in [6, 6.07) is -1.03. The third kappa shape index (κ3) is 3.02. The van der Waals surface area contributed by atoms with E-state index < -0.39 is 37.6 Å². The topological polar surface area (TPSA) is 127 Å². The maximum atomic E-state index is 9.08. The zero-order chi connectivity index (χ0) is 9.72. The first-order valence-corrected chi connectivity index (χ1v) is 3.56. The number of rotatable bonds is 5. The Morgan fingerprint density at radius 2 is 1.42 bits per heavy atom. The molecule has 0 aromatic carbocycles. The van der Waals surface area contributed by atoms with Crippen molar-refractivity contribution < 1.29 is 25.5 Å². The molecule has 0 unspecified atom stereocenters. The number of hydrogen-bond donors (Lipinski definition) is 6. The molecular weight excluding hydrogens is 166 g/mol. The molecule has 12 heavy (non-hydrogen) atoms. The standard InChI is InChI=1S/C6H15NO5/c7-3(1-8)5(11)6(12)4(10)2-9/h3-6,8-12H,1-2,7H2/t3-,4+,5+,6+/m0/s1. The van der Waals surface area contributed by atoms with Crippen molar-refractivity contribution in [1.29, 1.82) is 0 Å². The molecule has 6 heteroatoms. The van der Waals surface area contributed by atoms with Gasteiger partial charge >= 0.3 is 0 Å². The molecule has 0 aliphatic heterocycles. The summed E-state index contributed by atoms with van der Waals surface area (Å²) in [6.45, 7) is -1.17. The van der Waals surface area contributed by atoms with E-state index in [1.807, 2.05) is 0 Å². The molecular formula is C6H15NO5. The molecule has 4 atom stereocenters. The van der Waals surface area contributed by atoms with Gasteiger partial charge in [0.1, 0.15) is 12.2 Å². The van der Waals surface area contributed by atoms with Crippen LogP contribution < -0.4 is 5.73 Å². The highest BCUT2D eigenvalue weighted by Crippen LogP contribution is 2.02. The maximum absolute atomic E-state index is 9.08. The second-order valence-electron chi connectivity index (χ2n) is 2.58. The highest BCUT2D eigenvalue weighted by molar-refractivity contribution is 4.82. The highest BCUT2D eigenvalue weighted by atomic mass is 16.4. The predicted octanol–water partition coefficient (Wildman–Crippen LogP) is -3.62. The predicted molar refractivity (Wildman–Crippen MR) is 40.2 cm³/mol. The van der Waals surface area contributed by atoms with Gasteiger partial charge in [-0.3, -0.25) is 0 Å². The Morgan fingerprint density at radius 3 is 1.75 bits per heavy atom. The molecule has 0 spiro atoms. The Balaban J connectivity index is 3.99. The molecule has 0 saturated carbocycles. The molecule has 0 aromatic rings. The van der Waals surface area contributed by atoms with Crippen LogP contribution in [0.1, 0.15) is 0 Å². The van der Waals surface area contributed by atoms with Crippen LogP contribution in [0.2, 0.25) is 0 Å². The van der Waals surface area contributed by atoms with Gasteiger partial charge in [-0.2, -0.15) is 0 Å². The van der Waals surface area contributed by atoms with Crippen molar-refractivity contribution in [1.82, 2.24) is 0 Å². The average Bonchev–Trinajstić information content (AvgIpc) is 2.12. The zero-order valence-corrected chi connectivity index (χ0v) is 6.54. The molecule has 0 fully saturated rings. The van der Waals surface area contributed by atoms with Crippen LogP contribution in [0.4, 0.5) is 0 Å². The van der Waals surface area contributed by atoms with Gasteiger partial charge in [-0.05, 0) is 0 Å². The van der Waals surface area contributed by atoms with Gasteiger partial charge in [0.05, 0.1) is 25.4 Å². The molecule has 0 aliphatic rings.